The summed E-state index contributed by atoms with van der Waals surface area (Å²) in [5.41, 5.74) is 0.907. The topological polar surface area (TPSA) is 74.5 Å². The minimum Gasteiger partial charge on any atom is -0.497 e. The van der Waals surface area contributed by atoms with E-state index in [4.69, 9.17) is 14.0 Å². The molecule has 4 rings (SSSR count). The highest BCUT2D eigenvalue weighted by Gasteiger charge is 2.12. The molecule has 0 saturated carbocycles. The number of carbonyl (C=O) groups is 1. The smallest absolute Gasteiger partial charge is 0.311 e. The van der Waals surface area contributed by atoms with Crippen LogP contribution in [-0.2, 0) is 11.2 Å². The van der Waals surface area contributed by atoms with Gasteiger partial charge in [-0.1, -0.05) is 17.3 Å². The summed E-state index contributed by atoms with van der Waals surface area (Å²) in [5.74, 6) is 1.83. The largest absolute Gasteiger partial charge is 0.497 e. The second-order valence-electron chi connectivity index (χ2n) is 5.87. The molecule has 0 N–H and O–H groups in total. The monoisotopic (exact) mass is 380 g/mol. The summed E-state index contributed by atoms with van der Waals surface area (Å²) in [6.45, 7) is 0. The van der Waals surface area contributed by atoms with Gasteiger partial charge in [-0.25, -0.2) is 0 Å². The summed E-state index contributed by atoms with van der Waals surface area (Å²) in [4.78, 5) is 16.4. The number of esters is 1. The fraction of sp³-hybridized carbons (Fsp3) is 0.150. The van der Waals surface area contributed by atoms with Crippen LogP contribution in [0.4, 0.5) is 0 Å². The van der Waals surface area contributed by atoms with E-state index in [1.807, 2.05) is 47.2 Å². The minimum atomic E-state index is -0.354. The number of fused-ring (bicyclic) bond motifs is 1. The van der Waals surface area contributed by atoms with Crippen LogP contribution in [-0.4, -0.2) is 23.2 Å². The molecule has 2 aromatic carbocycles. The van der Waals surface area contributed by atoms with E-state index in [-0.39, 0.29) is 12.4 Å². The van der Waals surface area contributed by atoms with Gasteiger partial charge in [0.05, 0.1) is 13.5 Å². The number of methoxy groups -OCH3 is 1. The lowest BCUT2D eigenvalue weighted by atomic mass is 10.1. The highest BCUT2D eigenvalue weighted by molar-refractivity contribution is 7.08. The Morgan fingerprint density at radius 2 is 1.93 bits per heavy atom. The summed E-state index contributed by atoms with van der Waals surface area (Å²) >= 11 is 1.56. The number of nitrogens with zero attached hydrogens (tertiary/aromatic N) is 2. The van der Waals surface area contributed by atoms with Gasteiger partial charge in [-0.2, -0.15) is 16.3 Å². The maximum Gasteiger partial charge on any atom is 0.311 e. The number of benzene rings is 2. The molecular formula is C20H16N2O4S. The normalized spacial score (nSPS) is 10.9. The Hall–Kier alpha value is -3.19. The number of hydrogen-bond donors (Lipinski definition) is 0. The molecule has 0 spiro atoms. The molecule has 0 aliphatic rings. The molecule has 0 saturated heterocycles. The highest BCUT2D eigenvalue weighted by atomic mass is 32.1. The van der Waals surface area contributed by atoms with Gasteiger partial charge in [-0.3, -0.25) is 4.79 Å². The van der Waals surface area contributed by atoms with Gasteiger partial charge in [-0.15, -0.1) is 0 Å². The summed E-state index contributed by atoms with van der Waals surface area (Å²) in [5, 5.41) is 9.80. The first-order chi connectivity index (χ1) is 13.2. The van der Waals surface area contributed by atoms with Crippen molar-refractivity contribution in [2.75, 3.05) is 7.11 Å². The summed E-state index contributed by atoms with van der Waals surface area (Å²) < 4.78 is 15.9. The molecule has 0 aliphatic carbocycles. The lowest BCUT2D eigenvalue weighted by Gasteiger charge is -2.06. The first-order valence-electron chi connectivity index (χ1n) is 8.35. The van der Waals surface area contributed by atoms with E-state index in [9.17, 15) is 4.79 Å². The Kier molecular flexibility index (Phi) is 4.84. The second kappa shape index (κ2) is 7.59. The number of aryl methyl sites for hydroxylation is 1. The number of thiophene rings is 1. The third-order valence-electron chi connectivity index (χ3n) is 4.04. The zero-order valence-corrected chi connectivity index (χ0v) is 15.4. The van der Waals surface area contributed by atoms with Gasteiger partial charge in [0.1, 0.15) is 11.5 Å². The number of carbonyl (C=O) groups excluding carboxylic acids is 1. The SMILES string of the molecule is COc1ccc2ccc(OC(=O)CCc3nc(-c4ccsc4)no3)cc2c1. The minimum absolute atomic E-state index is 0.154. The van der Waals surface area contributed by atoms with E-state index < -0.39 is 0 Å². The zero-order valence-electron chi connectivity index (χ0n) is 14.5. The molecular weight excluding hydrogens is 364 g/mol. The van der Waals surface area contributed by atoms with E-state index >= 15 is 0 Å². The van der Waals surface area contributed by atoms with Crippen molar-refractivity contribution in [1.29, 1.82) is 0 Å². The standard InChI is InChI=1S/C20H16N2O4S/c1-24-16-4-2-13-3-5-17(11-15(13)10-16)25-19(23)7-6-18-21-20(22-26-18)14-8-9-27-12-14/h2-5,8-12H,6-7H2,1H3. The fourth-order valence-electron chi connectivity index (χ4n) is 2.65. The molecule has 0 unspecified atom stereocenters. The van der Waals surface area contributed by atoms with Gasteiger partial charge in [0, 0.05) is 17.4 Å². The fourth-order valence-corrected chi connectivity index (χ4v) is 3.28. The lowest BCUT2D eigenvalue weighted by molar-refractivity contribution is -0.134. The average molecular weight is 380 g/mol. The van der Waals surface area contributed by atoms with E-state index in [1.165, 1.54) is 0 Å². The van der Waals surface area contributed by atoms with E-state index in [2.05, 4.69) is 10.1 Å². The van der Waals surface area contributed by atoms with E-state index in [0.717, 1.165) is 22.1 Å². The summed E-state index contributed by atoms with van der Waals surface area (Å²) in [7, 11) is 1.62. The van der Waals surface area contributed by atoms with E-state index in [1.54, 1.807) is 24.5 Å². The Balaban J connectivity index is 1.38. The predicted octanol–water partition coefficient (Wildman–Crippen LogP) is 4.50. The van der Waals surface area contributed by atoms with Crippen LogP contribution >= 0.6 is 11.3 Å². The van der Waals surface area contributed by atoms with Crippen LogP contribution in [0.5, 0.6) is 11.5 Å². The summed E-state index contributed by atoms with van der Waals surface area (Å²) in [6.07, 6.45) is 0.485. The Labute approximate surface area is 159 Å². The molecule has 0 atom stereocenters. The van der Waals surface area contributed by atoms with Crippen molar-refractivity contribution in [3.63, 3.8) is 0 Å². The first-order valence-corrected chi connectivity index (χ1v) is 9.29. The van der Waals surface area contributed by atoms with Crippen molar-refractivity contribution < 1.29 is 18.8 Å². The third kappa shape index (κ3) is 3.98. The average Bonchev–Trinajstić information content (AvgIpc) is 3.37. The molecule has 2 aromatic heterocycles. The van der Waals surface area contributed by atoms with Crippen molar-refractivity contribution in [3.05, 3.63) is 59.1 Å². The molecule has 0 bridgehead atoms. The maximum absolute atomic E-state index is 12.1. The van der Waals surface area contributed by atoms with Crippen LogP contribution in [0.1, 0.15) is 12.3 Å². The molecule has 4 aromatic rings. The van der Waals surface area contributed by atoms with Crippen molar-refractivity contribution in [2.45, 2.75) is 12.8 Å². The highest BCUT2D eigenvalue weighted by Crippen LogP contribution is 2.25. The second-order valence-corrected chi connectivity index (χ2v) is 6.65. The summed E-state index contributed by atoms with van der Waals surface area (Å²) in [6, 6.07) is 13.2. The Morgan fingerprint density at radius 1 is 1.11 bits per heavy atom. The zero-order chi connectivity index (χ0) is 18.6. The van der Waals surface area contributed by atoms with Crippen molar-refractivity contribution in [3.8, 4) is 22.9 Å². The molecule has 7 heteroatoms. The predicted molar refractivity (Wildman–Crippen MR) is 102 cm³/mol. The van der Waals surface area contributed by atoms with Gasteiger partial charge in [-0.05, 0) is 46.5 Å². The van der Waals surface area contributed by atoms with Gasteiger partial charge >= 0.3 is 5.97 Å². The van der Waals surface area contributed by atoms with Crippen molar-refractivity contribution >= 4 is 28.1 Å². The molecule has 6 nitrogen and oxygen atoms in total. The molecule has 0 fully saturated rings. The van der Waals surface area contributed by atoms with Crippen LogP contribution < -0.4 is 9.47 Å². The van der Waals surface area contributed by atoms with Crippen molar-refractivity contribution in [2.24, 2.45) is 0 Å². The van der Waals surface area contributed by atoms with Crippen molar-refractivity contribution in [1.82, 2.24) is 10.1 Å². The quantitative estimate of drug-likeness (QED) is 0.362. The Bertz CT molecular complexity index is 1070. The number of rotatable bonds is 6. The van der Waals surface area contributed by atoms with Gasteiger partial charge < -0.3 is 14.0 Å². The van der Waals surface area contributed by atoms with Crippen LogP contribution in [0.25, 0.3) is 22.2 Å². The van der Waals surface area contributed by atoms with E-state index in [0.29, 0.717) is 23.9 Å². The molecule has 2 heterocycles. The van der Waals surface area contributed by atoms with Crippen LogP contribution in [0.15, 0.2) is 57.7 Å². The molecule has 27 heavy (non-hydrogen) atoms. The molecule has 0 aliphatic heterocycles. The van der Waals surface area contributed by atoms with Crippen LogP contribution in [0.2, 0.25) is 0 Å². The maximum atomic E-state index is 12.1. The molecule has 136 valence electrons. The van der Waals surface area contributed by atoms with Gasteiger partial charge in [0.25, 0.3) is 0 Å². The molecule has 0 amide bonds. The number of hydrogen-bond acceptors (Lipinski definition) is 7. The van der Waals surface area contributed by atoms with Gasteiger partial charge in [0.15, 0.2) is 0 Å². The molecule has 0 radical (unpaired) electrons. The van der Waals surface area contributed by atoms with Crippen LogP contribution in [0.3, 0.4) is 0 Å². The lowest BCUT2D eigenvalue weighted by Crippen LogP contribution is -2.09. The Morgan fingerprint density at radius 3 is 2.70 bits per heavy atom. The number of ether oxygens (including phenoxy) is 2. The first kappa shape index (κ1) is 17.2. The third-order valence-corrected chi connectivity index (χ3v) is 4.72. The number of aromatic nitrogens is 2. The van der Waals surface area contributed by atoms with Crippen LogP contribution in [0, 0.1) is 0 Å². The van der Waals surface area contributed by atoms with Gasteiger partial charge in [0.2, 0.25) is 11.7 Å².